The molecule has 4 heteroatoms. The highest BCUT2D eigenvalue weighted by molar-refractivity contribution is 6.11. The van der Waals surface area contributed by atoms with Crippen LogP contribution in [0.25, 0.3) is 16.8 Å². The van der Waals surface area contributed by atoms with E-state index >= 15 is 0 Å². The zero-order valence-corrected chi connectivity index (χ0v) is 18.6. The topological polar surface area (TPSA) is 62.1 Å². The van der Waals surface area contributed by atoms with E-state index in [2.05, 4.69) is 11.4 Å². The van der Waals surface area contributed by atoms with Gasteiger partial charge in [-0.1, -0.05) is 66.7 Å². The zero-order valence-electron chi connectivity index (χ0n) is 18.6. The fraction of sp³-hybridized carbons (Fsp3) is 0.103. The first kappa shape index (κ1) is 21.9. The highest BCUT2D eigenvalue weighted by atomic mass is 16.5. The predicted octanol–water partition coefficient (Wildman–Crippen LogP) is 6.58. The number of carbonyl (C=O) groups excluding carboxylic acids is 1. The minimum absolute atomic E-state index is 0.00847. The Kier molecular flexibility index (Phi) is 6.52. The van der Waals surface area contributed by atoms with E-state index in [0.717, 1.165) is 27.5 Å². The third-order valence-electron chi connectivity index (χ3n) is 5.59. The van der Waals surface area contributed by atoms with Crippen LogP contribution in [-0.4, -0.2) is 5.91 Å². The molecule has 0 radical (unpaired) electrons. The Labute approximate surface area is 193 Å². The van der Waals surface area contributed by atoms with E-state index < -0.39 is 5.91 Å². The summed E-state index contributed by atoms with van der Waals surface area (Å²) in [6.07, 6.45) is 1.61. The second-order valence-electron chi connectivity index (χ2n) is 7.90. The van der Waals surface area contributed by atoms with Crippen LogP contribution in [0.15, 0.2) is 90.5 Å². The Morgan fingerprint density at radius 1 is 0.939 bits per heavy atom. The van der Waals surface area contributed by atoms with Crippen molar-refractivity contribution in [3.63, 3.8) is 0 Å². The van der Waals surface area contributed by atoms with Crippen LogP contribution >= 0.6 is 0 Å². The van der Waals surface area contributed by atoms with Crippen LogP contribution in [0.4, 0.5) is 5.69 Å². The molecule has 0 aromatic heterocycles. The summed E-state index contributed by atoms with van der Waals surface area (Å²) >= 11 is 0. The molecule has 1 amide bonds. The number of amides is 1. The van der Waals surface area contributed by atoms with E-state index in [9.17, 15) is 10.1 Å². The number of ether oxygens (including phenoxy) is 1. The molecule has 0 heterocycles. The molecular formula is C29H24N2O2. The molecule has 0 fully saturated rings. The van der Waals surface area contributed by atoms with E-state index in [-0.39, 0.29) is 5.57 Å². The largest absolute Gasteiger partial charge is 0.488 e. The summed E-state index contributed by atoms with van der Waals surface area (Å²) in [6.45, 7) is 4.38. The molecule has 0 saturated heterocycles. The van der Waals surface area contributed by atoms with Gasteiger partial charge in [-0.3, -0.25) is 4.79 Å². The zero-order chi connectivity index (χ0) is 23.2. The standard InChI is InChI=1S/C29H24N2O2/c1-20-12-14-25(16-21(20)2)31-29(32)24(18-30)17-27-26-11-7-6-10-23(26)13-15-28(27)33-19-22-8-4-3-5-9-22/h3-17H,19H2,1-2H3,(H,31,32)/b24-17+. The molecule has 0 aliphatic rings. The van der Waals surface area contributed by atoms with Crippen LogP contribution in [0.2, 0.25) is 0 Å². The van der Waals surface area contributed by atoms with Gasteiger partial charge in [0, 0.05) is 11.3 Å². The van der Waals surface area contributed by atoms with E-state index in [0.29, 0.717) is 23.6 Å². The quantitative estimate of drug-likeness (QED) is 0.276. The minimum atomic E-state index is -0.456. The Balaban J connectivity index is 1.70. The summed E-state index contributed by atoms with van der Waals surface area (Å²) in [5.41, 5.74) is 4.61. The molecule has 4 aromatic carbocycles. The molecule has 0 bridgehead atoms. The van der Waals surface area contributed by atoms with Gasteiger partial charge in [0.15, 0.2) is 0 Å². The number of hydrogen-bond acceptors (Lipinski definition) is 3. The molecule has 4 nitrogen and oxygen atoms in total. The number of nitrogens with one attached hydrogen (secondary N) is 1. The fourth-order valence-corrected chi connectivity index (χ4v) is 3.60. The summed E-state index contributed by atoms with van der Waals surface area (Å²) < 4.78 is 6.12. The van der Waals surface area contributed by atoms with Gasteiger partial charge in [-0.2, -0.15) is 5.26 Å². The SMILES string of the molecule is Cc1ccc(NC(=O)/C(C#N)=C/c2c(OCc3ccccc3)ccc3ccccc23)cc1C. The molecule has 0 aliphatic carbocycles. The number of carbonyl (C=O) groups is 1. The number of hydrogen-bond donors (Lipinski definition) is 1. The van der Waals surface area contributed by atoms with Gasteiger partial charge < -0.3 is 10.1 Å². The molecule has 1 N–H and O–H groups in total. The number of benzene rings is 4. The molecule has 4 aromatic rings. The van der Waals surface area contributed by atoms with Crippen LogP contribution in [0.3, 0.4) is 0 Å². The minimum Gasteiger partial charge on any atom is -0.488 e. The lowest BCUT2D eigenvalue weighted by molar-refractivity contribution is -0.112. The lowest BCUT2D eigenvalue weighted by Gasteiger charge is -2.13. The highest BCUT2D eigenvalue weighted by Crippen LogP contribution is 2.31. The summed E-state index contributed by atoms with van der Waals surface area (Å²) in [6, 6.07) is 29.3. The van der Waals surface area contributed by atoms with Gasteiger partial charge in [0.2, 0.25) is 0 Å². The van der Waals surface area contributed by atoms with Crippen molar-refractivity contribution in [2.45, 2.75) is 20.5 Å². The molecule has 0 spiro atoms. The average molecular weight is 433 g/mol. The van der Waals surface area contributed by atoms with Gasteiger partial charge in [-0.25, -0.2) is 0 Å². The molecule has 0 atom stereocenters. The van der Waals surface area contributed by atoms with E-state index in [1.807, 2.05) is 98.8 Å². The van der Waals surface area contributed by atoms with Gasteiger partial charge in [0.25, 0.3) is 5.91 Å². The van der Waals surface area contributed by atoms with Crippen molar-refractivity contribution in [1.29, 1.82) is 5.26 Å². The summed E-state index contributed by atoms with van der Waals surface area (Å²) in [5.74, 6) is 0.159. The Hall–Kier alpha value is -4.36. The van der Waals surface area contributed by atoms with Crippen molar-refractivity contribution < 1.29 is 9.53 Å². The monoisotopic (exact) mass is 432 g/mol. The number of nitrogens with zero attached hydrogens (tertiary/aromatic N) is 1. The Bertz CT molecular complexity index is 1380. The second-order valence-corrected chi connectivity index (χ2v) is 7.90. The summed E-state index contributed by atoms with van der Waals surface area (Å²) in [5, 5.41) is 14.5. The number of aryl methyl sites for hydroxylation is 2. The third kappa shape index (κ3) is 5.11. The molecule has 4 rings (SSSR count). The Morgan fingerprint density at radius 3 is 2.45 bits per heavy atom. The summed E-state index contributed by atoms with van der Waals surface area (Å²) in [4.78, 5) is 12.9. The smallest absolute Gasteiger partial charge is 0.266 e. The van der Waals surface area contributed by atoms with Crippen molar-refractivity contribution in [3.8, 4) is 11.8 Å². The molecular weight excluding hydrogens is 408 g/mol. The molecule has 162 valence electrons. The first-order valence-electron chi connectivity index (χ1n) is 10.7. The van der Waals surface area contributed by atoms with E-state index in [1.54, 1.807) is 6.08 Å². The number of fused-ring (bicyclic) bond motifs is 1. The van der Waals surface area contributed by atoms with Crippen molar-refractivity contribution in [2.24, 2.45) is 0 Å². The van der Waals surface area contributed by atoms with Crippen molar-refractivity contribution in [2.75, 3.05) is 5.32 Å². The fourth-order valence-electron chi connectivity index (χ4n) is 3.60. The van der Waals surface area contributed by atoms with Crippen molar-refractivity contribution >= 4 is 28.4 Å². The van der Waals surface area contributed by atoms with Gasteiger partial charge in [-0.15, -0.1) is 0 Å². The summed E-state index contributed by atoms with van der Waals surface area (Å²) in [7, 11) is 0. The van der Waals surface area contributed by atoms with Crippen LogP contribution in [0.1, 0.15) is 22.3 Å². The van der Waals surface area contributed by atoms with E-state index in [1.165, 1.54) is 0 Å². The third-order valence-corrected chi connectivity index (χ3v) is 5.59. The van der Waals surface area contributed by atoms with Crippen molar-refractivity contribution in [3.05, 3.63) is 113 Å². The normalized spacial score (nSPS) is 11.1. The van der Waals surface area contributed by atoms with Gasteiger partial charge in [0.1, 0.15) is 24.0 Å². The number of rotatable bonds is 6. The first-order valence-corrected chi connectivity index (χ1v) is 10.7. The van der Waals surface area contributed by atoms with Gasteiger partial charge in [-0.05, 0) is 65.6 Å². The van der Waals surface area contributed by atoms with Crippen LogP contribution < -0.4 is 10.1 Å². The van der Waals surface area contributed by atoms with Crippen LogP contribution in [-0.2, 0) is 11.4 Å². The average Bonchev–Trinajstić information content (AvgIpc) is 2.84. The maximum atomic E-state index is 12.9. The number of anilines is 1. The highest BCUT2D eigenvalue weighted by Gasteiger charge is 2.14. The van der Waals surface area contributed by atoms with Crippen molar-refractivity contribution in [1.82, 2.24) is 0 Å². The molecule has 0 saturated carbocycles. The molecule has 0 aliphatic heterocycles. The van der Waals surface area contributed by atoms with Gasteiger partial charge in [0.05, 0.1) is 0 Å². The van der Waals surface area contributed by atoms with Crippen LogP contribution in [0, 0.1) is 25.2 Å². The predicted molar refractivity (Wildman–Crippen MR) is 133 cm³/mol. The number of nitriles is 1. The Morgan fingerprint density at radius 2 is 1.70 bits per heavy atom. The molecule has 33 heavy (non-hydrogen) atoms. The second kappa shape index (κ2) is 9.84. The lowest BCUT2D eigenvalue weighted by Crippen LogP contribution is -2.13. The molecule has 0 unspecified atom stereocenters. The first-order chi connectivity index (χ1) is 16.0. The van der Waals surface area contributed by atoms with Gasteiger partial charge >= 0.3 is 0 Å². The maximum Gasteiger partial charge on any atom is 0.266 e. The lowest BCUT2D eigenvalue weighted by atomic mass is 10.0. The maximum absolute atomic E-state index is 12.9. The van der Waals surface area contributed by atoms with Crippen LogP contribution in [0.5, 0.6) is 5.75 Å². The van der Waals surface area contributed by atoms with E-state index in [4.69, 9.17) is 4.74 Å².